The molecule has 4 nitrogen and oxygen atoms in total. The second-order valence-electron chi connectivity index (χ2n) is 7.68. The van der Waals surface area contributed by atoms with Gasteiger partial charge in [-0.3, -0.25) is 9.59 Å². The Labute approximate surface area is 156 Å². The molecule has 138 valence electrons. The fraction of sp³-hybridized carbons (Fsp3) is 0.364. The molecule has 26 heavy (non-hydrogen) atoms. The molecule has 0 atom stereocenters. The van der Waals surface area contributed by atoms with Crippen LogP contribution in [0.5, 0.6) is 0 Å². The van der Waals surface area contributed by atoms with Crippen molar-refractivity contribution in [3.05, 3.63) is 65.2 Å². The average molecular weight is 352 g/mol. The zero-order valence-corrected chi connectivity index (χ0v) is 16.3. The summed E-state index contributed by atoms with van der Waals surface area (Å²) in [6, 6.07) is 15.7. The Bertz CT molecular complexity index is 773. The van der Waals surface area contributed by atoms with Crippen LogP contribution in [0.1, 0.15) is 44.4 Å². The number of aryl methyl sites for hydroxylation is 1. The van der Waals surface area contributed by atoms with Crippen LogP contribution in [0.4, 0.5) is 5.69 Å². The Morgan fingerprint density at radius 2 is 1.62 bits per heavy atom. The van der Waals surface area contributed by atoms with E-state index in [1.807, 2.05) is 55.5 Å². The van der Waals surface area contributed by atoms with Gasteiger partial charge in [-0.25, -0.2) is 0 Å². The summed E-state index contributed by atoms with van der Waals surface area (Å²) in [4.78, 5) is 25.9. The van der Waals surface area contributed by atoms with Crippen molar-refractivity contribution in [1.82, 2.24) is 4.90 Å². The number of hydrogen-bond donors (Lipinski definition) is 1. The van der Waals surface area contributed by atoms with Gasteiger partial charge in [-0.15, -0.1) is 0 Å². The van der Waals surface area contributed by atoms with Gasteiger partial charge in [0.2, 0.25) is 11.8 Å². The van der Waals surface area contributed by atoms with Gasteiger partial charge in [-0.05, 0) is 41.2 Å². The van der Waals surface area contributed by atoms with E-state index in [2.05, 4.69) is 26.1 Å². The third kappa shape index (κ3) is 5.45. The molecule has 0 aliphatic rings. The fourth-order valence-corrected chi connectivity index (χ4v) is 2.70. The molecule has 0 aliphatic heterocycles. The molecule has 2 amide bonds. The zero-order chi connectivity index (χ0) is 19.3. The van der Waals surface area contributed by atoms with E-state index in [1.54, 1.807) is 4.90 Å². The molecule has 0 bridgehead atoms. The van der Waals surface area contributed by atoms with Crippen LogP contribution in [0, 0.1) is 6.92 Å². The minimum absolute atomic E-state index is 0.0324. The van der Waals surface area contributed by atoms with E-state index < -0.39 is 0 Å². The lowest BCUT2D eigenvalue weighted by atomic mass is 9.87. The molecule has 0 spiro atoms. The first-order chi connectivity index (χ1) is 12.2. The number of nitrogens with one attached hydrogen (secondary N) is 1. The molecule has 0 saturated heterocycles. The largest absolute Gasteiger partial charge is 0.329 e. The minimum atomic E-state index is -0.197. The monoisotopic (exact) mass is 352 g/mol. The quantitative estimate of drug-likeness (QED) is 0.873. The molecule has 2 rings (SSSR count). The Balaban J connectivity index is 2.02. The van der Waals surface area contributed by atoms with Gasteiger partial charge in [0.25, 0.3) is 0 Å². The van der Waals surface area contributed by atoms with Crippen LogP contribution >= 0.6 is 0 Å². The number of amides is 2. The topological polar surface area (TPSA) is 49.4 Å². The Morgan fingerprint density at radius 3 is 2.15 bits per heavy atom. The summed E-state index contributed by atoms with van der Waals surface area (Å²) in [6.45, 7) is 10.4. The second kappa shape index (κ2) is 8.17. The Hall–Kier alpha value is -2.62. The molecule has 0 fully saturated rings. The van der Waals surface area contributed by atoms with E-state index in [-0.39, 0.29) is 23.8 Å². The highest BCUT2D eigenvalue weighted by Crippen LogP contribution is 2.23. The van der Waals surface area contributed by atoms with E-state index >= 15 is 0 Å². The summed E-state index contributed by atoms with van der Waals surface area (Å²) in [5, 5.41) is 2.87. The first kappa shape index (κ1) is 19.7. The van der Waals surface area contributed by atoms with Crippen LogP contribution in [0.2, 0.25) is 0 Å². The number of carbonyl (C=O) groups excluding carboxylic acids is 2. The molecule has 2 aromatic rings. The lowest BCUT2D eigenvalue weighted by Crippen LogP contribution is -2.36. The number of nitrogens with zero attached hydrogens (tertiary/aromatic N) is 1. The van der Waals surface area contributed by atoms with Gasteiger partial charge in [-0.2, -0.15) is 0 Å². The van der Waals surface area contributed by atoms with Crippen molar-refractivity contribution in [3.63, 3.8) is 0 Å². The molecule has 0 saturated carbocycles. The lowest BCUT2D eigenvalue weighted by Gasteiger charge is -2.22. The third-order valence-electron chi connectivity index (χ3n) is 4.44. The molecule has 0 unspecified atom stereocenters. The van der Waals surface area contributed by atoms with E-state index in [4.69, 9.17) is 0 Å². The number of anilines is 1. The summed E-state index contributed by atoms with van der Waals surface area (Å²) < 4.78 is 0. The van der Waals surface area contributed by atoms with Crippen molar-refractivity contribution in [2.75, 3.05) is 11.9 Å². The van der Waals surface area contributed by atoms with Crippen LogP contribution in [0.15, 0.2) is 48.5 Å². The average Bonchev–Trinajstić information content (AvgIpc) is 2.55. The van der Waals surface area contributed by atoms with Crippen LogP contribution in [-0.2, 0) is 21.5 Å². The lowest BCUT2D eigenvalue weighted by molar-refractivity contribution is -0.133. The Kier molecular flexibility index (Phi) is 6.19. The van der Waals surface area contributed by atoms with Gasteiger partial charge >= 0.3 is 0 Å². The number of carbonyl (C=O) groups is 2. The summed E-state index contributed by atoms with van der Waals surface area (Å²) in [5.41, 5.74) is 4.17. The highest BCUT2D eigenvalue weighted by molar-refractivity contribution is 5.94. The normalized spacial score (nSPS) is 11.1. The summed E-state index contributed by atoms with van der Waals surface area (Å²) in [5.74, 6) is -0.316. The summed E-state index contributed by atoms with van der Waals surface area (Å²) in [7, 11) is 0. The van der Waals surface area contributed by atoms with Crippen molar-refractivity contribution in [1.29, 1.82) is 0 Å². The third-order valence-corrected chi connectivity index (χ3v) is 4.44. The fourth-order valence-electron chi connectivity index (χ4n) is 2.70. The summed E-state index contributed by atoms with van der Waals surface area (Å²) >= 11 is 0. The van der Waals surface area contributed by atoms with Crippen molar-refractivity contribution in [3.8, 4) is 0 Å². The predicted octanol–water partition coefficient (Wildman–Crippen LogP) is 4.28. The maximum Gasteiger partial charge on any atom is 0.244 e. The second-order valence-corrected chi connectivity index (χ2v) is 7.68. The highest BCUT2D eigenvalue weighted by atomic mass is 16.2. The number of benzene rings is 2. The first-order valence-electron chi connectivity index (χ1n) is 8.87. The van der Waals surface area contributed by atoms with Crippen LogP contribution in [0.25, 0.3) is 0 Å². The molecular formula is C22H28N2O2. The molecular weight excluding hydrogens is 324 g/mol. The van der Waals surface area contributed by atoms with E-state index in [0.29, 0.717) is 6.54 Å². The molecule has 0 aliphatic carbocycles. The van der Waals surface area contributed by atoms with E-state index in [9.17, 15) is 9.59 Å². The highest BCUT2D eigenvalue weighted by Gasteiger charge is 2.16. The Morgan fingerprint density at radius 1 is 1.00 bits per heavy atom. The maximum absolute atomic E-state index is 12.4. The van der Waals surface area contributed by atoms with Gasteiger partial charge in [-0.1, -0.05) is 57.2 Å². The zero-order valence-electron chi connectivity index (χ0n) is 16.3. The predicted molar refractivity (Wildman–Crippen MR) is 106 cm³/mol. The number of rotatable bonds is 5. The van der Waals surface area contributed by atoms with Crippen molar-refractivity contribution in [2.45, 2.75) is 46.6 Å². The van der Waals surface area contributed by atoms with Gasteiger partial charge in [0.15, 0.2) is 0 Å². The van der Waals surface area contributed by atoms with Crippen molar-refractivity contribution in [2.24, 2.45) is 0 Å². The van der Waals surface area contributed by atoms with Crippen molar-refractivity contribution >= 4 is 17.5 Å². The van der Waals surface area contributed by atoms with Gasteiger partial charge in [0.05, 0.1) is 0 Å². The molecule has 1 N–H and O–H groups in total. The van der Waals surface area contributed by atoms with Crippen LogP contribution < -0.4 is 5.32 Å². The van der Waals surface area contributed by atoms with E-state index in [0.717, 1.165) is 16.8 Å². The molecule has 0 aromatic heterocycles. The molecule has 0 heterocycles. The molecule has 4 heteroatoms. The standard InChI is InChI=1S/C22H28N2O2/c1-16-8-6-7-9-18(16)14-24(17(2)25)15-21(26)23-20-12-10-19(11-13-20)22(3,4)5/h6-13H,14-15H2,1-5H3,(H,23,26). The maximum atomic E-state index is 12.4. The molecule has 0 radical (unpaired) electrons. The summed E-state index contributed by atoms with van der Waals surface area (Å²) in [6.07, 6.45) is 0. The molecule has 2 aromatic carbocycles. The minimum Gasteiger partial charge on any atom is -0.329 e. The van der Waals surface area contributed by atoms with Gasteiger partial charge < -0.3 is 10.2 Å². The van der Waals surface area contributed by atoms with Gasteiger partial charge in [0.1, 0.15) is 6.54 Å². The first-order valence-corrected chi connectivity index (χ1v) is 8.87. The number of hydrogen-bond acceptors (Lipinski definition) is 2. The SMILES string of the molecule is CC(=O)N(CC(=O)Nc1ccc(C(C)(C)C)cc1)Cc1ccccc1C. The van der Waals surface area contributed by atoms with Crippen LogP contribution in [0.3, 0.4) is 0 Å². The van der Waals surface area contributed by atoms with Gasteiger partial charge in [0, 0.05) is 19.2 Å². The van der Waals surface area contributed by atoms with Crippen molar-refractivity contribution < 1.29 is 9.59 Å². The smallest absolute Gasteiger partial charge is 0.244 e. The van der Waals surface area contributed by atoms with E-state index in [1.165, 1.54) is 12.5 Å². The van der Waals surface area contributed by atoms with Crippen LogP contribution in [-0.4, -0.2) is 23.3 Å².